The average molecular weight is 776 g/mol. The number of unbranched alkanes of at least 4 members (excludes halogenated alkanes) is 28. The van der Waals surface area contributed by atoms with Crippen LogP contribution in [0.1, 0.15) is 239 Å². The van der Waals surface area contributed by atoms with Crippen LogP contribution in [-0.4, -0.2) is 57.3 Å². The van der Waals surface area contributed by atoms with Gasteiger partial charge in [-0.05, 0) is 64.2 Å². The maximum atomic E-state index is 12.5. The van der Waals surface area contributed by atoms with Gasteiger partial charge in [-0.1, -0.05) is 211 Å². The van der Waals surface area contributed by atoms with Gasteiger partial charge < -0.3 is 25.7 Å². The Kier molecular flexibility index (Phi) is 42.5. The van der Waals surface area contributed by atoms with Crippen molar-refractivity contribution in [2.24, 2.45) is 0 Å². The molecule has 0 aromatic carbocycles. The number of carbonyl (C=O) groups is 1. The van der Waals surface area contributed by atoms with Gasteiger partial charge in [0.15, 0.2) is 0 Å². The summed E-state index contributed by atoms with van der Waals surface area (Å²) in [6.45, 7) is 4.04. The molecule has 0 aliphatic carbocycles. The normalized spacial score (nSPS) is 14.4. The fourth-order valence-electron chi connectivity index (χ4n) is 7.26. The lowest BCUT2D eigenvalue weighted by molar-refractivity contribution is -0.132. The Balaban J connectivity index is 3.78. The summed E-state index contributed by atoms with van der Waals surface area (Å²) in [7, 11) is 0. The van der Waals surface area contributed by atoms with Crippen molar-refractivity contribution in [2.75, 3.05) is 6.61 Å². The van der Waals surface area contributed by atoms with Crippen molar-refractivity contribution >= 4 is 5.91 Å². The van der Waals surface area contributed by atoms with E-state index in [-0.39, 0.29) is 0 Å². The summed E-state index contributed by atoms with van der Waals surface area (Å²) in [5, 5.41) is 43.7. The van der Waals surface area contributed by atoms with Crippen molar-refractivity contribution in [1.82, 2.24) is 5.32 Å². The van der Waals surface area contributed by atoms with E-state index < -0.39 is 36.9 Å². The van der Waals surface area contributed by atoms with Crippen LogP contribution in [-0.2, 0) is 4.79 Å². The first-order chi connectivity index (χ1) is 27.0. The highest BCUT2D eigenvalue weighted by Crippen LogP contribution is 2.16. The van der Waals surface area contributed by atoms with Crippen LogP contribution in [0.15, 0.2) is 36.5 Å². The van der Waals surface area contributed by atoms with Crippen molar-refractivity contribution in [2.45, 2.75) is 263 Å². The molecule has 4 unspecified atom stereocenters. The Morgan fingerprint density at radius 1 is 0.436 bits per heavy atom. The van der Waals surface area contributed by atoms with Crippen molar-refractivity contribution in [1.29, 1.82) is 0 Å². The second-order valence-corrected chi connectivity index (χ2v) is 16.4. The summed E-state index contributed by atoms with van der Waals surface area (Å²) in [5.74, 6) is -0.598. The number of allylic oxidation sites excluding steroid dienone is 6. The molecule has 0 fully saturated rings. The molecule has 0 aliphatic heterocycles. The van der Waals surface area contributed by atoms with Gasteiger partial charge in [0.05, 0.1) is 18.8 Å². The summed E-state index contributed by atoms with van der Waals surface area (Å²) < 4.78 is 0. The molecule has 55 heavy (non-hydrogen) atoms. The second-order valence-electron chi connectivity index (χ2n) is 16.4. The molecule has 0 spiro atoms. The molecule has 0 saturated heterocycles. The molecule has 0 radical (unpaired) electrons. The van der Waals surface area contributed by atoms with E-state index >= 15 is 0 Å². The van der Waals surface area contributed by atoms with E-state index in [1.807, 2.05) is 0 Å². The van der Waals surface area contributed by atoms with Crippen LogP contribution < -0.4 is 5.32 Å². The Bertz CT molecular complexity index is 873. The molecule has 4 atom stereocenters. The van der Waals surface area contributed by atoms with E-state index in [1.54, 1.807) is 0 Å². The van der Waals surface area contributed by atoms with Crippen LogP contribution in [0.3, 0.4) is 0 Å². The molecule has 1 amide bonds. The largest absolute Gasteiger partial charge is 0.394 e. The number of carbonyl (C=O) groups excluding carboxylic acids is 1. The zero-order chi connectivity index (χ0) is 40.3. The standard InChI is InChI=1S/C49H93NO5/c1-3-5-7-9-11-13-15-17-19-20-21-22-23-24-25-26-27-29-30-32-34-36-38-40-42-46(52)48(54)45(44-51)50-49(55)47(53)43-41-39-37-35-33-31-28-18-16-14-12-10-8-6-4-2/h23-24,27,29,34,36,45-48,51-54H,3-22,25-26,28,30-33,35,37-44H2,1-2H3,(H,50,55)/b24-23+,29-27+,36-34+. The molecular formula is C49H93NO5. The number of hydrogen-bond donors (Lipinski definition) is 5. The lowest BCUT2D eigenvalue weighted by atomic mass is 10.00. The van der Waals surface area contributed by atoms with Gasteiger partial charge in [0, 0.05) is 0 Å². The van der Waals surface area contributed by atoms with Gasteiger partial charge >= 0.3 is 0 Å². The molecule has 0 heterocycles. The summed E-state index contributed by atoms with van der Waals surface area (Å²) in [6.07, 6.45) is 51.8. The second kappa shape index (κ2) is 43.6. The minimum absolute atomic E-state index is 0.361. The molecule has 5 N–H and O–H groups in total. The first-order valence-electron chi connectivity index (χ1n) is 23.9. The number of amides is 1. The molecule has 0 aromatic heterocycles. The van der Waals surface area contributed by atoms with E-state index in [9.17, 15) is 25.2 Å². The quantitative estimate of drug-likeness (QED) is 0.0313. The molecule has 6 nitrogen and oxygen atoms in total. The molecule has 0 bridgehead atoms. The molecule has 0 saturated carbocycles. The molecule has 0 aromatic rings. The van der Waals surface area contributed by atoms with Gasteiger partial charge in [0.25, 0.3) is 0 Å². The number of aliphatic hydroxyl groups excluding tert-OH is 4. The van der Waals surface area contributed by atoms with E-state index in [4.69, 9.17) is 0 Å². The fourth-order valence-corrected chi connectivity index (χ4v) is 7.26. The third-order valence-corrected chi connectivity index (χ3v) is 11.1. The van der Waals surface area contributed by atoms with Crippen molar-refractivity contribution in [3.63, 3.8) is 0 Å². The molecule has 0 rings (SSSR count). The number of aliphatic hydroxyl groups is 4. The van der Waals surface area contributed by atoms with Crippen LogP contribution in [0.5, 0.6) is 0 Å². The van der Waals surface area contributed by atoms with Crippen LogP contribution in [0.4, 0.5) is 0 Å². The molecule has 324 valence electrons. The number of rotatable bonds is 43. The van der Waals surface area contributed by atoms with Crippen molar-refractivity contribution in [3.05, 3.63) is 36.5 Å². The highest BCUT2D eigenvalue weighted by atomic mass is 16.3. The Hall–Kier alpha value is -1.47. The van der Waals surface area contributed by atoms with Crippen molar-refractivity contribution in [3.8, 4) is 0 Å². The summed E-state index contributed by atoms with van der Waals surface area (Å²) >= 11 is 0. The smallest absolute Gasteiger partial charge is 0.249 e. The van der Waals surface area contributed by atoms with Crippen LogP contribution >= 0.6 is 0 Å². The molecule has 0 aliphatic rings. The van der Waals surface area contributed by atoms with E-state index in [0.29, 0.717) is 19.3 Å². The predicted octanol–water partition coefficient (Wildman–Crippen LogP) is 12.9. The van der Waals surface area contributed by atoms with E-state index in [0.717, 1.165) is 51.4 Å². The van der Waals surface area contributed by atoms with Gasteiger partial charge in [-0.3, -0.25) is 4.79 Å². The van der Waals surface area contributed by atoms with Gasteiger partial charge in [0.2, 0.25) is 5.91 Å². The SMILES string of the molecule is CCCCCCCCCCCCC/C=C/CC/C=C/CC/C=C/CCCC(O)C(O)C(CO)NC(=O)C(O)CCCCCCCCCCCCCCCCC. The number of nitrogens with one attached hydrogen (secondary N) is 1. The lowest BCUT2D eigenvalue weighted by Crippen LogP contribution is -2.53. The average Bonchev–Trinajstić information content (AvgIpc) is 3.19. The molecule has 6 heteroatoms. The van der Waals surface area contributed by atoms with Gasteiger partial charge in [-0.2, -0.15) is 0 Å². The minimum atomic E-state index is -1.29. The summed E-state index contributed by atoms with van der Waals surface area (Å²) in [4.78, 5) is 12.5. The topological polar surface area (TPSA) is 110 Å². The summed E-state index contributed by atoms with van der Waals surface area (Å²) in [5.41, 5.74) is 0. The third kappa shape index (κ3) is 37.8. The predicted molar refractivity (Wildman–Crippen MR) is 237 cm³/mol. The van der Waals surface area contributed by atoms with Crippen molar-refractivity contribution < 1.29 is 25.2 Å². The van der Waals surface area contributed by atoms with Gasteiger partial charge in [-0.15, -0.1) is 0 Å². The maximum Gasteiger partial charge on any atom is 0.249 e. The Labute approximate surface area is 341 Å². The van der Waals surface area contributed by atoms with E-state index in [1.165, 1.54) is 154 Å². The first kappa shape index (κ1) is 53.5. The zero-order valence-electron chi connectivity index (χ0n) is 36.4. The van der Waals surface area contributed by atoms with Gasteiger partial charge in [-0.25, -0.2) is 0 Å². The highest BCUT2D eigenvalue weighted by Gasteiger charge is 2.28. The molecular weight excluding hydrogens is 683 g/mol. The fraction of sp³-hybridized carbons (Fsp3) is 0.857. The maximum absolute atomic E-state index is 12.5. The Morgan fingerprint density at radius 3 is 1.15 bits per heavy atom. The summed E-state index contributed by atoms with van der Waals surface area (Å²) in [6, 6.07) is -1.01. The minimum Gasteiger partial charge on any atom is -0.394 e. The first-order valence-corrected chi connectivity index (χ1v) is 23.9. The third-order valence-electron chi connectivity index (χ3n) is 11.1. The zero-order valence-corrected chi connectivity index (χ0v) is 36.4. The van der Waals surface area contributed by atoms with Crippen LogP contribution in [0.25, 0.3) is 0 Å². The lowest BCUT2D eigenvalue weighted by Gasteiger charge is -2.27. The van der Waals surface area contributed by atoms with Crippen LogP contribution in [0, 0.1) is 0 Å². The number of hydrogen-bond acceptors (Lipinski definition) is 5. The highest BCUT2D eigenvalue weighted by molar-refractivity contribution is 5.80. The van der Waals surface area contributed by atoms with E-state index in [2.05, 4.69) is 55.6 Å². The van der Waals surface area contributed by atoms with Gasteiger partial charge in [0.1, 0.15) is 12.2 Å². The Morgan fingerprint density at radius 2 is 0.764 bits per heavy atom. The van der Waals surface area contributed by atoms with Crippen LogP contribution in [0.2, 0.25) is 0 Å². The monoisotopic (exact) mass is 776 g/mol.